The van der Waals surface area contributed by atoms with Crippen molar-refractivity contribution in [2.24, 2.45) is 16.3 Å². The SMILES string of the molecule is CCC(C)(C)CN=C1NC(C(C)C)CS1. The third-order valence-electron chi connectivity index (χ3n) is 3.12. The molecule has 1 rings (SSSR count). The Balaban J connectivity index is 2.43. The fourth-order valence-electron chi connectivity index (χ4n) is 1.26. The summed E-state index contributed by atoms with van der Waals surface area (Å²) < 4.78 is 0. The maximum atomic E-state index is 4.67. The average Bonchev–Trinajstić information content (AvgIpc) is 2.63. The van der Waals surface area contributed by atoms with E-state index in [9.17, 15) is 0 Å². The standard InChI is InChI=1S/C12H24N2S/c1-6-12(4,5)8-13-11-14-10(7-15-11)9(2)3/h9-10H,6-8H2,1-5H3,(H,13,14). The van der Waals surface area contributed by atoms with E-state index >= 15 is 0 Å². The Morgan fingerprint density at radius 1 is 1.53 bits per heavy atom. The number of nitrogens with one attached hydrogen (secondary N) is 1. The molecule has 0 aliphatic carbocycles. The molecule has 0 radical (unpaired) electrons. The summed E-state index contributed by atoms with van der Waals surface area (Å²) in [6.07, 6.45) is 1.18. The molecule has 1 aliphatic rings. The Morgan fingerprint density at radius 3 is 2.67 bits per heavy atom. The maximum absolute atomic E-state index is 4.67. The van der Waals surface area contributed by atoms with E-state index in [0.717, 1.165) is 11.7 Å². The van der Waals surface area contributed by atoms with Crippen LogP contribution in [0.1, 0.15) is 41.0 Å². The van der Waals surface area contributed by atoms with Crippen molar-refractivity contribution in [1.29, 1.82) is 0 Å². The molecule has 15 heavy (non-hydrogen) atoms. The Hall–Kier alpha value is -0.180. The van der Waals surface area contributed by atoms with E-state index in [1.54, 1.807) is 0 Å². The van der Waals surface area contributed by atoms with Gasteiger partial charge in [0, 0.05) is 18.3 Å². The van der Waals surface area contributed by atoms with Crippen LogP contribution >= 0.6 is 11.8 Å². The number of nitrogens with zero attached hydrogens (tertiary/aromatic N) is 1. The summed E-state index contributed by atoms with van der Waals surface area (Å²) in [4.78, 5) is 4.67. The van der Waals surface area contributed by atoms with Gasteiger partial charge in [-0.15, -0.1) is 0 Å². The van der Waals surface area contributed by atoms with Gasteiger partial charge in [0.1, 0.15) is 0 Å². The van der Waals surface area contributed by atoms with Crippen molar-refractivity contribution in [3.05, 3.63) is 0 Å². The zero-order valence-corrected chi connectivity index (χ0v) is 11.4. The van der Waals surface area contributed by atoms with Crippen LogP contribution in [0.25, 0.3) is 0 Å². The van der Waals surface area contributed by atoms with Crippen LogP contribution in [0, 0.1) is 11.3 Å². The van der Waals surface area contributed by atoms with E-state index in [4.69, 9.17) is 0 Å². The summed E-state index contributed by atoms with van der Waals surface area (Å²) in [7, 11) is 0. The third-order valence-corrected chi connectivity index (χ3v) is 4.17. The van der Waals surface area contributed by atoms with E-state index in [0.29, 0.717) is 17.4 Å². The van der Waals surface area contributed by atoms with Crippen molar-refractivity contribution in [1.82, 2.24) is 5.32 Å². The van der Waals surface area contributed by atoms with Gasteiger partial charge in [0.05, 0.1) is 0 Å². The summed E-state index contributed by atoms with van der Waals surface area (Å²) in [6, 6.07) is 0.610. The summed E-state index contributed by atoms with van der Waals surface area (Å²) in [5.74, 6) is 1.87. The lowest BCUT2D eigenvalue weighted by Gasteiger charge is -2.20. The Labute approximate surface area is 98.3 Å². The Bertz CT molecular complexity index is 234. The first kappa shape index (κ1) is 12.9. The normalized spacial score (nSPS) is 24.9. The zero-order valence-electron chi connectivity index (χ0n) is 10.6. The molecular formula is C12H24N2S. The zero-order chi connectivity index (χ0) is 11.5. The van der Waals surface area contributed by atoms with Crippen molar-refractivity contribution in [3.8, 4) is 0 Å². The van der Waals surface area contributed by atoms with E-state index in [1.165, 1.54) is 12.2 Å². The molecule has 1 N–H and O–H groups in total. The first-order valence-electron chi connectivity index (χ1n) is 5.88. The molecule has 1 unspecified atom stereocenters. The second-order valence-corrected chi connectivity index (χ2v) is 6.45. The minimum Gasteiger partial charge on any atom is -0.361 e. The Morgan fingerprint density at radius 2 is 2.20 bits per heavy atom. The van der Waals surface area contributed by atoms with Gasteiger partial charge in [-0.2, -0.15) is 0 Å². The second-order valence-electron chi connectivity index (χ2n) is 5.44. The predicted octanol–water partition coefficient (Wildman–Crippen LogP) is 3.14. The third kappa shape index (κ3) is 4.06. The number of rotatable bonds is 4. The van der Waals surface area contributed by atoms with Gasteiger partial charge in [-0.25, -0.2) is 0 Å². The van der Waals surface area contributed by atoms with Crippen LogP contribution in [0.4, 0.5) is 0 Å². The largest absolute Gasteiger partial charge is 0.361 e. The van der Waals surface area contributed by atoms with Crippen molar-refractivity contribution >= 4 is 16.9 Å². The molecule has 1 heterocycles. The average molecular weight is 228 g/mol. The van der Waals surface area contributed by atoms with E-state index in [-0.39, 0.29) is 0 Å². The predicted molar refractivity (Wildman–Crippen MR) is 70.6 cm³/mol. The van der Waals surface area contributed by atoms with E-state index in [2.05, 4.69) is 44.9 Å². The lowest BCUT2D eigenvalue weighted by Crippen LogP contribution is -2.32. The quantitative estimate of drug-likeness (QED) is 0.799. The highest BCUT2D eigenvalue weighted by Gasteiger charge is 2.23. The lowest BCUT2D eigenvalue weighted by molar-refractivity contribution is 0.365. The highest BCUT2D eigenvalue weighted by atomic mass is 32.2. The fraction of sp³-hybridized carbons (Fsp3) is 0.917. The molecule has 3 heteroatoms. The molecule has 0 aromatic carbocycles. The van der Waals surface area contributed by atoms with Gasteiger partial charge < -0.3 is 5.32 Å². The molecular weight excluding hydrogens is 204 g/mol. The highest BCUT2D eigenvalue weighted by Crippen LogP contribution is 2.23. The van der Waals surface area contributed by atoms with Gasteiger partial charge >= 0.3 is 0 Å². The summed E-state index contributed by atoms with van der Waals surface area (Å²) >= 11 is 1.87. The molecule has 1 saturated heterocycles. The van der Waals surface area contributed by atoms with Crippen LogP contribution in [0.15, 0.2) is 4.99 Å². The van der Waals surface area contributed by atoms with Gasteiger partial charge in [0.2, 0.25) is 0 Å². The maximum Gasteiger partial charge on any atom is 0.156 e. The topological polar surface area (TPSA) is 24.4 Å². The first-order chi connectivity index (χ1) is 6.94. The van der Waals surface area contributed by atoms with Gasteiger partial charge in [0.15, 0.2) is 5.17 Å². The summed E-state index contributed by atoms with van der Waals surface area (Å²) in [5.41, 5.74) is 0.338. The number of hydrogen-bond donors (Lipinski definition) is 1. The smallest absolute Gasteiger partial charge is 0.156 e. The highest BCUT2D eigenvalue weighted by molar-refractivity contribution is 8.14. The van der Waals surface area contributed by atoms with E-state index < -0.39 is 0 Å². The first-order valence-corrected chi connectivity index (χ1v) is 6.87. The molecule has 1 atom stereocenters. The molecule has 1 fully saturated rings. The molecule has 0 saturated carbocycles. The molecule has 0 bridgehead atoms. The summed E-state index contributed by atoms with van der Waals surface area (Å²) in [6.45, 7) is 12.2. The molecule has 2 nitrogen and oxygen atoms in total. The number of thioether (sulfide) groups is 1. The van der Waals surface area contributed by atoms with Crippen LogP contribution in [0.3, 0.4) is 0 Å². The van der Waals surface area contributed by atoms with Crippen molar-refractivity contribution < 1.29 is 0 Å². The number of amidine groups is 1. The minimum atomic E-state index is 0.338. The van der Waals surface area contributed by atoms with E-state index in [1.807, 2.05) is 11.8 Å². The molecule has 0 aromatic rings. The van der Waals surface area contributed by atoms with Crippen molar-refractivity contribution in [2.75, 3.05) is 12.3 Å². The van der Waals surface area contributed by atoms with Crippen LogP contribution in [-0.2, 0) is 0 Å². The van der Waals surface area contributed by atoms with Gasteiger partial charge in [-0.05, 0) is 17.8 Å². The Kier molecular flexibility index (Phi) is 4.50. The fourth-order valence-corrected chi connectivity index (χ4v) is 2.45. The van der Waals surface area contributed by atoms with Crippen LogP contribution < -0.4 is 5.32 Å². The van der Waals surface area contributed by atoms with Gasteiger partial charge in [0.25, 0.3) is 0 Å². The molecule has 0 aromatic heterocycles. The second kappa shape index (κ2) is 5.24. The van der Waals surface area contributed by atoms with Crippen molar-refractivity contribution in [2.45, 2.75) is 47.1 Å². The lowest BCUT2D eigenvalue weighted by atomic mass is 9.91. The van der Waals surface area contributed by atoms with Crippen molar-refractivity contribution in [3.63, 3.8) is 0 Å². The van der Waals surface area contributed by atoms with Gasteiger partial charge in [-0.1, -0.05) is 46.4 Å². The molecule has 1 aliphatic heterocycles. The minimum absolute atomic E-state index is 0.338. The van der Waals surface area contributed by atoms with Crippen LogP contribution in [0.5, 0.6) is 0 Å². The van der Waals surface area contributed by atoms with Crippen LogP contribution in [-0.4, -0.2) is 23.5 Å². The molecule has 0 spiro atoms. The van der Waals surface area contributed by atoms with Gasteiger partial charge in [-0.3, -0.25) is 4.99 Å². The summed E-state index contributed by atoms with van der Waals surface area (Å²) in [5, 5.41) is 4.65. The molecule has 88 valence electrons. The monoisotopic (exact) mass is 228 g/mol. The number of hydrogen-bond acceptors (Lipinski definition) is 2. The van der Waals surface area contributed by atoms with Crippen LogP contribution in [0.2, 0.25) is 0 Å². The molecule has 0 amide bonds. The number of aliphatic imine (C=N–C) groups is 1.